The van der Waals surface area contributed by atoms with E-state index in [2.05, 4.69) is 181 Å². The van der Waals surface area contributed by atoms with E-state index in [9.17, 15) is 0 Å². The van der Waals surface area contributed by atoms with Gasteiger partial charge in [0.15, 0.2) is 0 Å². The van der Waals surface area contributed by atoms with Crippen molar-refractivity contribution in [3.63, 3.8) is 0 Å². The standard InChI is InChI=1S/C51H31NO/c1-2-13-35(14-3-1)52(37-25-26-42-41-18-8-11-21-48(41)53-49(42)31-37)36-24-22-33-29-43-47(30-34(33)28-36)51(46-27-23-32-12-4-5-15-38(32)50(43)46)44-19-9-6-16-39(44)40-17-7-10-20-45(40)51/h1-31H. The Bertz CT molecular complexity index is 3090. The van der Waals surface area contributed by atoms with Gasteiger partial charge in [0.1, 0.15) is 11.2 Å². The van der Waals surface area contributed by atoms with Gasteiger partial charge in [-0.3, -0.25) is 0 Å². The molecule has 0 radical (unpaired) electrons. The minimum Gasteiger partial charge on any atom is -0.456 e. The summed E-state index contributed by atoms with van der Waals surface area (Å²) in [5.74, 6) is 0. The number of fused-ring (bicyclic) bond motifs is 16. The Kier molecular flexibility index (Phi) is 5.73. The molecule has 2 aliphatic rings. The predicted molar refractivity (Wildman–Crippen MR) is 220 cm³/mol. The number of rotatable bonds is 3. The average molecular weight is 674 g/mol. The SMILES string of the molecule is c1ccc(N(c2ccc3cc4c(cc3c2)C2(c3ccccc3-c3ccccc32)c2ccc3ccccc3c2-4)c2ccc3c(c2)oc2ccccc23)cc1. The molecule has 0 bridgehead atoms. The predicted octanol–water partition coefficient (Wildman–Crippen LogP) is 13.7. The van der Waals surface area contributed by atoms with Crippen molar-refractivity contribution in [3.05, 3.63) is 210 Å². The maximum Gasteiger partial charge on any atom is 0.137 e. The number of furan rings is 1. The van der Waals surface area contributed by atoms with Gasteiger partial charge in [-0.05, 0) is 121 Å². The first-order valence-electron chi connectivity index (χ1n) is 18.3. The lowest BCUT2D eigenvalue weighted by atomic mass is 9.70. The molecule has 0 atom stereocenters. The fourth-order valence-electron chi connectivity index (χ4n) is 9.65. The van der Waals surface area contributed by atoms with Crippen LogP contribution in [0.3, 0.4) is 0 Å². The molecule has 2 nitrogen and oxygen atoms in total. The third-order valence-electron chi connectivity index (χ3n) is 11.8. The van der Waals surface area contributed by atoms with Crippen LogP contribution in [0.25, 0.3) is 65.7 Å². The van der Waals surface area contributed by atoms with Gasteiger partial charge in [0.25, 0.3) is 0 Å². The second kappa shape index (κ2) is 10.6. The van der Waals surface area contributed by atoms with E-state index in [1.54, 1.807) is 0 Å². The van der Waals surface area contributed by atoms with Gasteiger partial charge < -0.3 is 9.32 Å². The average Bonchev–Trinajstić information content (AvgIpc) is 3.84. The highest BCUT2D eigenvalue weighted by Crippen LogP contribution is 2.64. The van der Waals surface area contributed by atoms with Gasteiger partial charge >= 0.3 is 0 Å². The van der Waals surface area contributed by atoms with Crippen LogP contribution in [-0.2, 0) is 5.41 Å². The lowest BCUT2D eigenvalue weighted by Gasteiger charge is -2.31. The van der Waals surface area contributed by atoms with Crippen molar-refractivity contribution in [1.29, 1.82) is 0 Å². The maximum absolute atomic E-state index is 6.38. The Morgan fingerprint density at radius 3 is 1.81 bits per heavy atom. The van der Waals surface area contributed by atoms with Crippen LogP contribution >= 0.6 is 0 Å². The van der Waals surface area contributed by atoms with Gasteiger partial charge in [0, 0.05) is 33.9 Å². The lowest BCUT2D eigenvalue weighted by Crippen LogP contribution is -2.25. The number of hydrogen-bond donors (Lipinski definition) is 0. The van der Waals surface area contributed by atoms with Crippen molar-refractivity contribution in [1.82, 2.24) is 0 Å². The summed E-state index contributed by atoms with van der Waals surface area (Å²) < 4.78 is 6.38. The molecule has 0 N–H and O–H groups in total. The molecular weight excluding hydrogens is 643 g/mol. The molecule has 246 valence electrons. The molecule has 9 aromatic carbocycles. The molecule has 1 aromatic heterocycles. The first-order chi connectivity index (χ1) is 26.3. The molecule has 10 aromatic rings. The Hall–Kier alpha value is -6.90. The number of nitrogens with zero attached hydrogens (tertiary/aromatic N) is 1. The molecule has 0 unspecified atom stereocenters. The largest absolute Gasteiger partial charge is 0.456 e. The topological polar surface area (TPSA) is 16.4 Å². The smallest absolute Gasteiger partial charge is 0.137 e. The molecule has 0 saturated carbocycles. The summed E-state index contributed by atoms with van der Waals surface area (Å²) >= 11 is 0. The summed E-state index contributed by atoms with van der Waals surface area (Å²) in [4.78, 5) is 2.34. The Morgan fingerprint density at radius 2 is 0.981 bits per heavy atom. The zero-order valence-electron chi connectivity index (χ0n) is 28.8. The van der Waals surface area contributed by atoms with Crippen molar-refractivity contribution < 1.29 is 4.42 Å². The molecule has 2 aliphatic carbocycles. The summed E-state index contributed by atoms with van der Waals surface area (Å²) in [6, 6.07) is 69.1. The van der Waals surface area contributed by atoms with Gasteiger partial charge in [-0.15, -0.1) is 0 Å². The van der Waals surface area contributed by atoms with Crippen LogP contribution in [0.15, 0.2) is 192 Å². The highest BCUT2D eigenvalue weighted by molar-refractivity contribution is 6.09. The molecular formula is C51H31NO. The quantitative estimate of drug-likeness (QED) is 0.186. The normalized spacial score (nSPS) is 13.4. The van der Waals surface area contributed by atoms with Gasteiger partial charge in [-0.25, -0.2) is 0 Å². The van der Waals surface area contributed by atoms with Crippen molar-refractivity contribution in [2.75, 3.05) is 4.90 Å². The molecule has 0 amide bonds. The first-order valence-corrected chi connectivity index (χ1v) is 18.3. The van der Waals surface area contributed by atoms with E-state index < -0.39 is 5.41 Å². The van der Waals surface area contributed by atoms with Gasteiger partial charge in [0.05, 0.1) is 5.41 Å². The van der Waals surface area contributed by atoms with Gasteiger partial charge in [0.2, 0.25) is 0 Å². The molecule has 53 heavy (non-hydrogen) atoms. The Balaban J connectivity index is 1.13. The van der Waals surface area contributed by atoms with Crippen LogP contribution in [0.5, 0.6) is 0 Å². The summed E-state index contributed by atoms with van der Waals surface area (Å²) in [5.41, 5.74) is 15.4. The Morgan fingerprint density at radius 1 is 0.340 bits per heavy atom. The van der Waals surface area contributed by atoms with Crippen LogP contribution in [0.4, 0.5) is 17.1 Å². The molecule has 1 spiro atoms. The second-order valence-corrected chi connectivity index (χ2v) is 14.4. The van der Waals surface area contributed by atoms with Crippen LogP contribution < -0.4 is 4.90 Å². The zero-order chi connectivity index (χ0) is 34.7. The van der Waals surface area contributed by atoms with Crippen molar-refractivity contribution in [2.24, 2.45) is 0 Å². The van der Waals surface area contributed by atoms with E-state index in [0.717, 1.165) is 39.0 Å². The van der Waals surface area contributed by atoms with Crippen LogP contribution in [0.1, 0.15) is 22.3 Å². The van der Waals surface area contributed by atoms with Crippen molar-refractivity contribution in [3.8, 4) is 22.3 Å². The minimum absolute atomic E-state index is 0.419. The molecule has 0 aliphatic heterocycles. The van der Waals surface area contributed by atoms with Crippen LogP contribution in [0.2, 0.25) is 0 Å². The number of hydrogen-bond acceptors (Lipinski definition) is 2. The fraction of sp³-hybridized carbons (Fsp3) is 0.0196. The van der Waals surface area contributed by atoms with Gasteiger partial charge in [-0.1, -0.05) is 127 Å². The zero-order valence-corrected chi connectivity index (χ0v) is 28.8. The summed E-state index contributed by atoms with van der Waals surface area (Å²) in [6.07, 6.45) is 0. The van der Waals surface area contributed by atoms with E-state index in [1.165, 1.54) is 66.1 Å². The third-order valence-corrected chi connectivity index (χ3v) is 11.8. The van der Waals surface area contributed by atoms with E-state index in [4.69, 9.17) is 4.42 Å². The number of para-hydroxylation sites is 2. The first kappa shape index (κ1) is 28.8. The third kappa shape index (κ3) is 3.82. The molecule has 12 rings (SSSR count). The Labute approximate surface area is 306 Å². The maximum atomic E-state index is 6.38. The van der Waals surface area contributed by atoms with Crippen molar-refractivity contribution >= 4 is 60.5 Å². The van der Waals surface area contributed by atoms with Crippen molar-refractivity contribution in [2.45, 2.75) is 5.41 Å². The van der Waals surface area contributed by atoms with Crippen LogP contribution in [-0.4, -0.2) is 0 Å². The van der Waals surface area contributed by atoms with Crippen LogP contribution in [0, 0.1) is 0 Å². The number of anilines is 3. The highest BCUT2D eigenvalue weighted by atomic mass is 16.3. The summed E-state index contributed by atoms with van der Waals surface area (Å²) in [5, 5.41) is 7.27. The van der Waals surface area contributed by atoms with E-state index >= 15 is 0 Å². The summed E-state index contributed by atoms with van der Waals surface area (Å²) in [7, 11) is 0. The van der Waals surface area contributed by atoms with E-state index in [1.807, 2.05) is 12.1 Å². The van der Waals surface area contributed by atoms with E-state index in [-0.39, 0.29) is 0 Å². The molecule has 1 heterocycles. The molecule has 2 heteroatoms. The summed E-state index contributed by atoms with van der Waals surface area (Å²) in [6.45, 7) is 0. The fourth-order valence-corrected chi connectivity index (χ4v) is 9.65. The molecule has 0 saturated heterocycles. The van der Waals surface area contributed by atoms with Gasteiger partial charge in [-0.2, -0.15) is 0 Å². The lowest BCUT2D eigenvalue weighted by molar-refractivity contribution is 0.669. The van der Waals surface area contributed by atoms with E-state index in [0.29, 0.717) is 0 Å². The minimum atomic E-state index is -0.419. The number of benzene rings is 9. The highest BCUT2D eigenvalue weighted by Gasteiger charge is 2.52. The molecule has 0 fully saturated rings. The monoisotopic (exact) mass is 673 g/mol. The second-order valence-electron chi connectivity index (χ2n) is 14.4.